The van der Waals surface area contributed by atoms with Crippen molar-refractivity contribution in [3.8, 4) is 0 Å². The van der Waals surface area contributed by atoms with E-state index in [0.717, 1.165) is 11.4 Å². The van der Waals surface area contributed by atoms with E-state index in [4.69, 9.17) is 5.11 Å². The molecule has 0 aliphatic heterocycles. The zero-order valence-corrected chi connectivity index (χ0v) is 6.78. The van der Waals surface area contributed by atoms with Gasteiger partial charge in [0.1, 0.15) is 0 Å². The highest BCUT2D eigenvalue weighted by Gasteiger charge is 1.99. The molecule has 0 aromatic carbocycles. The molecule has 1 aromatic rings. The van der Waals surface area contributed by atoms with E-state index in [-0.39, 0.29) is 6.10 Å². The molecule has 1 atom stereocenters. The first-order valence-corrected chi connectivity index (χ1v) is 3.64. The highest BCUT2D eigenvalue weighted by atomic mass is 16.3. The molecule has 0 radical (unpaired) electrons. The standard InChI is InChI=1S/C8H12N2O/c1-6-4-10-8(5-9-6)3-7(2)11/h4-5,7,11H,3H2,1-2H3/t7-/m0/s1. The third-order valence-electron chi connectivity index (χ3n) is 1.34. The van der Waals surface area contributed by atoms with E-state index >= 15 is 0 Å². The normalized spacial score (nSPS) is 13.0. The van der Waals surface area contributed by atoms with Crippen LogP contribution in [0, 0.1) is 6.92 Å². The number of rotatable bonds is 2. The summed E-state index contributed by atoms with van der Waals surface area (Å²) in [7, 11) is 0. The van der Waals surface area contributed by atoms with Gasteiger partial charge in [-0.05, 0) is 13.8 Å². The van der Waals surface area contributed by atoms with Crippen LogP contribution < -0.4 is 0 Å². The van der Waals surface area contributed by atoms with Crippen molar-refractivity contribution < 1.29 is 5.11 Å². The van der Waals surface area contributed by atoms with E-state index < -0.39 is 0 Å². The van der Waals surface area contributed by atoms with Gasteiger partial charge < -0.3 is 5.11 Å². The Labute approximate surface area is 66.1 Å². The van der Waals surface area contributed by atoms with Gasteiger partial charge in [-0.15, -0.1) is 0 Å². The highest BCUT2D eigenvalue weighted by molar-refractivity contribution is 5.01. The number of aromatic nitrogens is 2. The van der Waals surface area contributed by atoms with Gasteiger partial charge in [-0.25, -0.2) is 0 Å². The first-order valence-electron chi connectivity index (χ1n) is 3.64. The van der Waals surface area contributed by atoms with Gasteiger partial charge in [0.15, 0.2) is 0 Å². The summed E-state index contributed by atoms with van der Waals surface area (Å²) in [6, 6.07) is 0. The van der Waals surface area contributed by atoms with Crippen molar-refractivity contribution in [1.82, 2.24) is 9.97 Å². The van der Waals surface area contributed by atoms with Gasteiger partial charge in [0.2, 0.25) is 0 Å². The van der Waals surface area contributed by atoms with Gasteiger partial charge in [0, 0.05) is 18.8 Å². The molecule has 11 heavy (non-hydrogen) atoms. The smallest absolute Gasteiger partial charge is 0.0612 e. The topological polar surface area (TPSA) is 46.0 Å². The van der Waals surface area contributed by atoms with Crippen LogP contribution in [0.2, 0.25) is 0 Å². The quantitative estimate of drug-likeness (QED) is 0.678. The van der Waals surface area contributed by atoms with Crippen LogP contribution in [0.5, 0.6) is 0 Å². The van der Waals surface area contributed by atoms with Crippen LogP contribution in [-0.4, -0.2) is 21.2 Å². The van der Waals surface area contributed by atoms with Crippen LogP contribution in [0.25, 0.3) is 0 Å². The fourth-order valence-electron chi connectivity index (χ4n) is 0.827. The minimum absolute atomic E-state index is 0.341. The molecule has 1 heterocycles. The average molecular weight is 152 g/mol. The van der Waals surface area contributed by atoms with Crippen LogP contribution in [0.4, 0.5) is 0 Å². The number of aliphatic hydroxyl groups excluding tert-OH is 1. The van der Waals surface area contributed by atoms with Gasteiger partial charge in [0.25, 0.3) is 0 Å². The number of aliphatic hydroxyl groups is 1. The summed E-state index contributed by atoms with van der Waals surface area (Å²) >= 11 is 0. The summed E-state index contributed by atoms with van der Waals surface area (Å²) in [6.45, 7) is 3.63. The number of aryl methyl sites for hydroxylation is 1. The molecule has 1 N–H and O–H groups in total. The molecule has 0 bridgehead atoms. The second-order valence-electron chi connectivity index (χ2n) is 2.70. The average Bonchev–Trinajstić information content (AvgIpc) is 1.93. The summed E-state index contributed by atoms with van der Waals surface area (Å²) in [5.41, 5.74) is 1.74. The molecule has 0 fully saturated rings. The minimum Gasteiger partial charge on any atom is -0.393 e. The van der Waals surface area contributed by atoms with Crippen molar-refractivity contribution in [1.29, 1.82) is 0 Å². The van der Waals surface area contributed by atoms with Crippen molar-refractivity contribution in [3.05, 3.63) is 23.8 Å². The van der Waals surface area contributed by atoms with Crippen molar-refractivity contribution in [2.24, 2.45) is 0 Å². The summed E-state index contributed by atoms with van der Waals surface area (Å²) in [6.07, 6.45) is 3.64. The Bertz CT molecular complexity index is 218. The maximum atomic E-state index is 9.01. The van der Waals surface area contributed by atoms with Gasteiger partial charge in [-0.3, -0.25) is 9.97 Å². The second kappa shape index (κ2) is 3.44. The molecule has 0 amide bonds. The van der Waals surface area contributed by atoms with E-state index in [9.17, 15) is 0 Å². The first-order chi connectivity index (χ1) is 5.18. The van der Waals surface area contributed by atoms with Crippen molar-refractivity contribution in [2.45, 2.75) is 26.4 Å². The van der Waals surface area contributed by atoms with Crippen LogP contribution in [0.3, 0.4) is 0 Å². The Morgan fingerprint density at radius 3 is 2.64 bits per heavy atom. The third-order valence-corrected chi connectivity index (χ3v) is 1.34. The van der Waals surface area contributed by atoms with Crippen molar-refractivity contribution in [2.75, 3.05) is 0 Å². The monoisotopic (exact) mass is 152 g/mol. The molecular formula is C8H12N2O. The molecule has 1 aromatic heterocycles. The van der Waals surface area contributed by atoms with Gasteiger partial charge in [0.05, 0.1) is 17.5 Å². The fourth-order valence-corrected chi connectivity index (χ4v) is 0.827. The molecule has 0 saturated heterocycles. The molecule has 0 spiro atoms. The molecule has 3 nitrogen and oxygen atoms in total. The predicted octanol–water partition coefficient (Wildman–Crippen LogP) is 0.708. The fraction of sp³-hybridized carbons (Fsp3) is 0.500. The summed E-state index contributed by atoms with van der Waals surface area (Å²) in [4.78, 5) is 8.15. The van der Waals surface area contributed by atoms with Crippen molar-refractivity contribution in [3.63, 3.8) is 0 Å². The summed E-state index contributed by atoms with van der Waals surface area (Å²) < 4.78 is 0. The molecule has 1 rings (SSSR count). The Hall–Kier alpha value is -0.960. The SMILES string of the molecule is Cc1cnc(C[C@H](C)O)cn1. The van der Waals surface area contributed by atoms with Gasteiger partial charge in [-0.1, -0.05) is 0 Å². The number of nitrogens with zero attached hydrogens (tertiary/aromatic N) is 2. The lowest BCUT2D eigenvalue weighted by atomic mass is 10.2. The molecule has 0 unspecified atom stereocenters. The molecule has 60 valence electrons. The Morgan fingerprint density at radius 2 is 2.18 bits per heavy atom. The predicted molar refractivity (Wildman–Crippen MR) is 42.2 cm³/mol. The molecule has 0 aliphatic rings. The first kappa shape index (κ1) is 8.14. The zero-order valence-electron chi connectivity index (χ0n) is 6.78. The van der Waals surface area contributed by atoms with E-state index in [1.165, 1.54) is 0 Å². The number of hydrogen-bond donors (Lipinski definition) is 1. The maximum Gasteiger partial charge on any atom is 0.0612 e. The number of hydrogen-bond acceptors (Lipinski definition) is 3. The van der Waals surface area contributed by atoms with Gasteiger partial charge in [-0.2, -0.15) is 0 Å². The molecule has 0 saturated carbocycles. The maximum absolute atomic E-state index is 9.01. The largest absolute Gasteiger partial charge is 0.393 e. The van der Waals surface area contributed by atoms with Gasteiger partial charge >= 0.3 is 0 Å². The second-order valence-corrected chi connectivity index (χ2v) is 2.70. The lowest BCUT2D eigenvalue weighted by Crippen LogP contribution is -2.06. The zero-order chi connectivity index (χ0) is 8.27. The van der Waals surface area contributed by atoms with Crippen LogP contribution in [0.1, 0.15) is 18.3 Å². The van der Waals surface area contributed by atoms with Crippen LogP contribution >= 0.6 is 0 Å². The molecule has 3 heteroatoms. The van der Waals surface area contributed by atoms with Crippen LogP contribution in [-0.2, 0) is 6.42 Å². The molecular weight excluding hydrogens is 140 g/mol. The van der Waals surface area contributed by atoms with E-state index in [1.807, 2.05) is 6.92 Å². The third kappa shape index (κ3) is 2.63. The van der Waals surface area contributed by atoms with E-state index in [2.05, 4.69) is 9.97 Å². The lowest BCUT2D eigenvalue weighted by molar-refractivity contribution is 0.194. The summed E-state index contributed by atoms with van der Waals surface area (Å²) in [5, 5.41) is 9.01. The van der Waals surface area contributed by atoms with Crippen LogP contribution in [0.15, 0.2) is 12.4 Å². The van der Waals surface area contributed by atoms with Crippen molar-refractivity contribution >= 4 is 0 Å². The highest BCUT2D eigenvalue weighted by Crippen LogP contribution is 1.97. The molecule has 0 aliphatic carbocycles. The van der Waals surface area contributed by atoms with E-state index in [1.54, 1.807) is 19.3 Å². The Morgan fingerprint density at radius 1 is 1.45 bits per heavy atom. The Kier molecular flexibility index (Phi) is 2.54. The summed E-state index contributed by atoms with van der Waals surface area (Å²) in [5.74, 6) is 0. The lowest BCUT2D eigenvalue weighted by Gasteiger charge is -2.01. The van der Waals surface area contributed by atoms with E-state index in [0.29, 0.717) is 6.42 Å². The Balaban J connectivity index is 2.66. The minimum atomic E-state index is -0.341.